The molecule has 5 heteroatoms. The van der Waals surface area contributed by atoms with Crippen LogP contribution in [0.2, 0.25) is 0 Å². The van der Waals surface area contributed by atoms with Gasteiger partial charge in [-0.1, -0.05) is 52.3 Å². The van der Waals surface area contributed by atoms with Crippen LogP contribution in [0.25, 0.3) is 0 Å². The summed E-state index contributed by atoms with van der Waals surface area (Å²) in [6.07, 6.45) is 0.257. The van der Waals surface area contributed by atoms with Crippen molar-refractivity contribution in [2.75, 3.05) is 0 Å². The predicted octanol–water partition coefficient (Wildman–Crippen LogP) is 2.70. The summed E-state index contributed by atoms with van der Waals surface area (Å²) in [6.45, 7) is 0.984. The van der Waals surface area contributed by atoms with E-state index in [4.69, 9.17) is 10.6 Å². The first-order valence-electron chi connectivity index (χ1n) is 6.57. The summed E-state index contributed by atoms with van der Waals surface area (Å²) in [5.74, 6) is 4.91. The normalized spacial score (nSPS) is 10.4. The van der Waals surface area contributed by atoms with Gasteiger partial charge in [-0.15, -0.1) is 0 Å². The molecule has 0 aliphatic rings. The predicted molar refractivity (Wildman–Crippen MR) is 85.1 cm³/mol. The molecule has 0 radical (unpaired) electrons. The van der Waals surface area contributed by atoms with Crippen molar-refractivity contribution in [3.05, 3.63) is 69.7 Å². The maximum absolute atomic E-state index is 11.4. The lowest BCUT2D eigenvalue weighted by Crippen LogP contribution is -2.31. The standard InChI is InChI=1S/C16H17BrN2O2/c17-15-7-3-4-12(8-15)10-21-11-14-6-2-1-5-13(14)9-16(20)19-18/h1-8H,9-11,18H2,(H,19,20). The summed E-state index contributed by atoms with van der Waals surface area (Å²) >= 11 is 3.43. The van der Waals surface area contributed by atoms with Crippen LogP contribution in [-0.2, 0) is 29.2 Å². The Labute approximate surface area is 132 Å². The zero-order chi connectivity index (χ0) is 15.1. The Morgan fingerprint density at radius 2 is 1.86 bits per heavy atom. The molecule has 0 aromatic heterocycles. The maximum Gasteiger partial charge on any atom is 0.238 e. The van der Waals surface area contributed by atoms with Gasteiger partial charge >= 0.3 is 0 Å². The molecule has 3 N–H and O–H groups in total. The van der Waals surface area contributed by atoms with Crippen LogP contribution in [0.1, 0.15) is 16.7 Å². The second kappa shape index (κ2) is 7.93. The van der Waals surface area contributed by atoms with E-state index in [1.165, 1.54) is 0 Å². The largest absolute Gasteiger partial charge is 0.372 e. The molecule has 1 amide bonds. The van der Waals surface area contributed by atoms with Crippen molar-refractivity contribution >= 4 is 21.8 Å². The molecule has 110 valence electrons. The fourth-order valence-electron chi connectivity index (χ4n) is 2.00. The van der Waals surface area contributed by atoms with Gasteiger partial charge in [0.2, 0.25) is 5.91 Å². The zero-order valence-electron chi connectivity index (χ0n) is 11.5. The van der Waals surface area contributed by atoms with Crippen LogP contribution in [0.4, 0.5) is 0 Å². The van der Waals surface area contributed by atoms with Gasteiger partial charge in [0, 0.05) is 4.47 Å². The molecular formula is C16H17BrN2O2. The number of rotatable bonds is 6. The fraction of sp³-hybridized carbons (Fsp3) is 0.188. The van der Waals surface area contributed by atoms with Crippen LogP contribution >= 0.6 is 15.9 Å². The first-order valence-corrected chi connectivity index (χ1v) is 7.37. The van der Waals surface area contributed by atoms with Gasteiger partial charge in [-0.25, -0.2) is 5.84 Å². The van der Waals surface area contributed by atoms with Crippen LogP contribution in [0.5, 0.6) is 0 Å². The van der Waals surface area contributed by atoms with E-state index in [9.17, 15) is 4.79 Å². The van der Waals surface area contributed by atoms with Crippen molar-refractivity contribution in [1.82, 2.24) is 5.43 Å². The van der Waals surface area contributed by atoms with E-state index in [1.807, 2.05) is 48.5 Å². The zero-order valence-corrected chi connectivity index (χ0v) is 13.1. The summed E-state index contributed by atoms with van der Waals surface area (Å²) in [4.78, 5) is 11.4. The van der Waals surface area contributed by atoms with Crippen molar-refractivity contribution in [3.63, 3.8) is 0 Å². The monoisotopic (exact) mass is 348 g/mol. The molecule has 0 bridgehead atoms. The minimum atomic E-state index is -0.213. The first-order chi connectivity index (χ1) is 10.2. The van der Waals surface area contributed by atoms with Crippen molar-refractivity contribution in [1.29, 1.82) is 0 Å². The van der Waals surface area contributed by atoms with E-state index >= 15 is 0 Å². The lowest BCUT2D eigenvalue weighted by Gasteiger charge is -2.10. The Balaban J connectivity index is 1.95. The van der Waals surface area contributed by atoms with Crippen LogP contribution < -0.4 is 11.3 Å². The first kappa shape index (κ1) is 15.7. The quantitative estimate of drug-likeness (QED) is 0.479. The molecule has 0 aliphatic carbocycles. The highest BCUT2D eigenvalue weighted by Gasteiger charge is 2.06. The summed E-state index contributed by atoms with van der Waals surface area (Å²) in [5, 5.41) is 0. The second-order valence-electron chi connectivity index (χ2n) is 4.64. The Morgan fingerprint density at radius 3 is 2.57 bits per heavy atom. The molecular weight excluding hydrogens is 332 g/mol. The van der Waals surface area contributed by atoms with Gasteiger partial charge in [0.05, 0.1) is 19.6 Å². The topological polar surface area (TPSA) is 64.3 Å². The molecule has 0 atom stereocenters. The molecule has 2 aromatic carbocycles. The lowest BCUT2D eigenvalue weighted by molar-refractivity contribution is -0.120. The van der Waals surface area contributed by atoms with Crippen molar-refractivity contribution in [3.8, 4) is 0 Å². The number of nitrogens with two attached hydrogens (primary N) is 1. The number of carbonyl (C=O) groups is 1. The van der Waals surface area contributed by atoms with Gasteiger partial charge in [-0.05, 0) is 28.8 Å². The van der Waals surface area contributed by atoms with E-state index in [-0.39, 0.29) is 12.3 Å². The fourth-order valence-corrected chi connectivity index (χ4v) is 2.45. The molecule has 0 spiro atoms. The number of hydrogen-bond donors (Lipinski definition) is 2. The van der Waals surface area contributed by atoms with Crippen molar-refractivity contribution < 1.29 is 9.53 Å². The van der Waals surface area contributed by atoms with Crippen LogP contribution in [-0.4, -0.2) is 5.91 Å². The third kappa shape index (κ3) is 4.97. The highest BCUT2D eigenvalue weighted by molar-refractivity contribution is 9.10. The SMILES string of the molecule is NNC(=O)Cc1ccccc1COCc1cccc(Br)c1. The lowest BCUT2D eigenvalue weighted by atomic mass is 10.1. The Kier molecular flexibility index (Phi) is 5.92. The highest BCUT2D eigenvalue weighted by atomic mass is 79.9. The maximum atomic E-state index is 11.4. The number of nitrogens with one attached hydrogen (secondary N) is 1. The smallest absolute Gasteiger partial charge is 0.238 e. The molecule has 0 heterocycles. The number of benzene rings is 2. The highest BCUT2D eigenvalue weighted by Crippen LogP contribution is 2.15. The van der Waals surface area contributed by atoms with Gasteiger partial charge in [0.15, 0.2) is 0 Å². The van der Waals surface area contributed by atoms with Crippen molar-refractivity contribution in [2.24, 2.45) is 5.84 Å². The molecule has 0 aliphatic heterocycles. The number of hydrogen-bond acceptors (Lipinski definition) is 3. The number of ether oxygens (including phenoxy) is 1. The molecule has 21 heavy (non-hydrogen) atoms. The molecule has 0 saturated heterocycles. The van der Waals surface area contributed by atoms with Gasteiger partial charge in [-0.3, -0.25) is 10.2 Å². The van der Waals surface area contributed by atoms with Gasteiger partial charge in [0.1, 0.15) is 0 Å². The average molecular weight is 349 g/mol. The van der Waals surface area contributed by atoms with E-state index in [1.54, 1.807) is 0 Å². The molecule has 2 aromatic rings. The van der Waals surface area contributed by atoms with E-state index in [2.05, 4.69) is 21.4 Å². The molecule has 0 saturated carbocycles. The minimum absolute atomic E-state index is 0.213. The summed E-state index contributed by atoms with van der Waals surface area (Å²) in [5.41, 5.74) is 5.16. The van der Waals surface area contributed by atoms with Crippen molar-refractivity contribution in [2.45, 2.75) is 19.6 Å². The van der Waals surface area contributed by atoms with E-state index in [0.29, 0.717) is 13.2 Å². The van der Waals surface area contributed by atoms with E-state index in [0.717, 1.165) is 21.2 Å². The second-order valence-corrected chi connectivity index (χ2v) is 5.55. The molecule has 0 unspecified atom stereocenters. The van der Waals surface area contributed by atoms with Gasteiger partial charge < -0.3 is 4.74 Å². The minimum Gasteiger partial charge on any atom is -0.372 e. The number of hydrazine groups is 1. The number of halogens is 1. The molecule has 2 rings (SSSR count). The number of carbonyl (C=O) groups excluding carboxylic acids is 1. The summed E-state index contributed by atoms with van der Waals surface area (Å²) < 4.78 is 6.76. The van der Waals surface area contributed by atoms with Gasteiger partial charge in [-0.2, -0.15) is 0 Å². The third-order valence-corrected chi connectivity index (χ3v) is 3.54. The molecule has 4 nitrogen and oxygen atoms in total. The van der Waals surface area contributed by atoms with Crippen LogP contribution in [0.3, 0.4) is 0 Å². The Hall–Kier alpha value is -1.69. The summed E-state index contributed by atoms with van der Waals surface area (Å²) in [7, 11) is 0. The van der Waals surface area contributed by atoms with Crippen LogP contribution in [0.15, 0.2) is 53.0 Å². The number of amides is 1. The third-order valence-electron chi connectivity index (χ3n) is 3.05. The Bertz CT molecular complexity index is 617. The molecule has 0 fully saturated rings. The van der Waals surface area contributed by atoms with Gasteiger partial charge in [0.25, 0.3) is 0 Å². The van der Waals surface area contributed by atoms with Crippen LogP contribution in [0, 0.1) is 0 Å². The summed E-state index contributed by atoms with van der Waals surface area (Å²) in [6, 6.07) is 15.7. The average Bonchev–Trinajstić information content (AvgIpc) is 2.49. The van der Waals surface area contributed by atoms with E-state index < -0.39 is 0 Å². The Morgan fingerprint density at radius 1 is 1.10 bits per heavy atom.